The van der Waals surface area contributed by atoms with Gasteiger partial charge in [-0.05, 0) is 12.8 Å². The molecule has 0 aromatic carbocycles. The molecule has 0 rings (SSSR count). The molecule has 0 aromatic rings. The van der Waals surface area contributed by atoms with E-state index in [0.717, 1.165) is 26.1 Å². The molecule has 320 valence electrons. The van der Waals surface area contributed by atoms with Crippen molar-refractivity contribution in [3.05, 3.63) is 0 Å². The van der Waals surface area contributed by atoms with Crippen LogP contribution < -0.4 is 0 Å². The number of unbranched alkanes of at least 4 members (excludes halogenated alkanes) is 10. The van der Waals surface area contributed by atoms with Gasteiger partial charge in [0.1, 0.15) is 0 Å². The van der Waals surface area contributed by atoms with E-state index < -0.39 is 0 Å². The van der Waals surface area contributed by atoms with Gasteiger partial charge in [-0.25, -0.2) is 0 Å². The van der Waals surface area contributed by atoms with Crippen molar-refractivity contribution in [2.24, 2.45) is 0 Å². The van der Waals surface area contributed by atoms with Gasteiger partial charge < -0.3 is 61.6 Å². The molecule has 0 amide bonds. The molecule has 53 heavy (non-hydrogen) atoms. The third kappa shape index (κ3) is 51.5. The molecule has 0 aliphatic heterocycles. The molecule has 0 N–H and O–H groups in total. The van der Waals surface area contributed by atoms with Crippen molar-refractivity contribution in [1.82, 2.24) is 0 Å². The van der Waals surface area contributed by atoms with Crippen molar-refractivity contribution in [2.45, 2.75) is 90.9 Å². The fourth-order valence-corrected chi connectivity index (χ4v) is 4.71. The van der Waals surface area contributed by atoms with E-state index >= 15 is 0 Å². The van der Waals surface area contributed by atoms with Crippen LogP contribution in [0.2, 0.25) is 0 Å². The number of hydrogen-bond acceptors (Lipinski definition) is 13. The molecule has 0 fully saturated rings. The first-order valence-corrected chi connectivity index (χ1v) is 20.9. The van der Waals surface area contributed by atoms with Crippen LogP contribution in [0.1, 0.15) is 90.9 Å². The number of hydrogen-bond donors (Lipinski definition) is 0. The van der Waals surface area contributed by atoms with E-state index in [1.54, 1.807) is 0 Å². The monoisotopic (exact) mass is 771 g/mol. The quantitative estimate of drug-likeness (QED) is 0.0682. The van der Waals surface area contributed by atoms with E-state index in [-0.39, 0.29) is 0 Å². The predicted octanol–water partition coefficient (Wildman–Crippen LogP) is 5.92. The Morgan fingerprint density at radius 2 is 0.283 bits per heavy atom. The normalized spacial score (nSPS) is 11.7. The van der Waals surface area contributed by atoms with Crippen LogP contribution in [0.3, 0.4) is 0 Å². The van der Waals surface area contributed by atoms with Crippen molar-refractivity contribution in [3.8, 4) is 0 Å². The average Bonchev–Trinajstić information content (AvgIpc) is 3.17. The minimum absolute atomic E-state index is 0.517. The Kier molecular flexibility index (Phi) is 51.0. The average molecular weight is 771 g/mol. The summed E-state index contributed by atoms with van der Waals surface area (Å²) < 4.78 is 71.8. The number of rotatable bonds is 50. The summed E-state index contributed by atoms with van der Waals surface area (Å²) in [6, 6.07) is 0. The highest BCUT2D eigenvalue weighted by molar-refractivity contribution is 4.45. The zero-order chi connectivity index (χ0) is 38.1. The summed E-state index contributed by atoms with van der Waals surface area (Å²) in [4.78, 5) is 0. The molecule has 13 nitrogen and oxygen atoms in total. The summed E-state index contributed by atoms with van der Waals surface area (Å²) in [5.74, 6) is 0. The Hall–Kier alpha value is -0.520. The second-order valence-electron chi connectivity index (χ2n) is 12.5. The molecule has 0 aliphatic carbocycles. The molecule has 0 bridgehead atoms. The maximum Gasteiger partial charge on any atom is 0.0701 e. The van der Waals surface area contributed by atoms with Crippen molar-refractivity contribution in [3.63, 3.8) is 0 Å². The van der Waals surface area contributed by atoms with E-state index in [9.17, 15) is 0 Å². The Labute approximate surface area is 323 Å². The third-order valence-corrected chi connectivity index (χ3v) is 7.75. The molecule has 13 heteroatoms. The molecular formula is C40H82O13. The maximum absolute atomic E-state index is 5.59. The van der Waals surface area contributed by atoms with Crippen molar-refractivity contribution in [1.29, 1.82) is 0 Å². The first-order chi connectivity index (χ1) is 26.4. The Balaban J connectivity index is 3.05. The summed E-state index contributed by atoms with van der Waals surface area (Å²) in [7, 11) is 0. The van der Waals surface area contributed by atoms with Gasteiger partial charge in [-0.1, -0.05) is 78.1 Å². The van der Waals surface area contributed by atoms with Crippen molar-refractivity contribution >= 4 is 0 Å². The highest BCUT2D eigenvalue weighted by atomic mass is 16.6. The smallest absolute Gasteiger partial charge is 0.0701 e. The largest absolute Gasteiger partial charge is 0.379 e. The van der Waals surface area contributed by atoms with Crippen LogP contribution in [0, 0.1) is 0 Å². The molecule has 0 unspecified atom stereocenters. The fraction of sp³-hybridized carbons (Fsp3) is 1.00. The molecule has 0 heterocycles. The molecule has 0 radical (unpaired) electrons. The highest BCUT2D eigenvalue weighted by Crippen LogP contribution is 2.05. The SMILES string of the molecule is CCCCCCCCOCCOCCOCCOCCOCCOCCOCCOCCOCCOCCOCCOCCOCCCCCCCC. The minimum atomic E-state index is 0.517. The summed E-state index contributed by atoms with van der Waals surface area (Å²) in [6.45, 7) is 19.3. The zero-order valence-corrected chi connectivity index (χ0v) is 34.2. The molecular weight excluding hydrogens is 688 g/mol. The lowest BCUT2D eigenvalue weighted by Gasteiger charge is -2.09. The van der Waals surface area contributed by atoms with E-state index in [1.165, 1.54) is 64.2 Å². The minimum Gasteiger partial charge on any atom is -0.379 e. The molecule has 0 aromatic heterocycles. The topological polar surface area (TPSA) is 120 Å². The van der Waals surface area contributed by atoms with E-state index in [1.807, 2.05) is 0 Å². The van der Waals surface area contributed by atoms with Crippen LogP contribution in [-0.4, -0.2) is 172 Å². The first-order valence-electron chi connectivity index (χ1n) is 20.9. The van der Waals surface area contributed by atoms with Crippen LogP contribution in [0.25, 0.3) is 0 Å². The van der Waals surface area contributed by atoms with E-state index in [4.69, 9.17) is 61.6 Å². The number of ether oxygens (including phenoxy) is 13. The molecule has 0 spiro atoms. The highest BCUT2D eigenvalue weighted by Gasteiger charge is 1.98. The second-order valence-corrected chi connectivity index (χ2v) is 12.5. The van der Waals surface area contributed by atoms with E-state index in [2.05, 4.69) is 13.8 Å². The van der Waals surface area contributed by atoms with Gasteiger partial charge in [-0.2, -0.15) is 0 Å². The lowest BCUT2D eigenvalue weighted by molar-refractivity contribution is -0.0290. The van der Waals surface area contributed by atoms with Crippen LogP contribution in [0.5, 0.6) is 0 Å². The van der Waals surface area contributed by atoms with Crippen LogP contribution in [-0.2, 0) is 61.6 Å². The van der Waals surface area contributed by atoms with Crippen LogP contribution in [0.15, 0.2) is 0 Å². The maximum atomic E-state index is 5.59. The van der Waals surface area contributed by atoms with Gasteiger partial charge in [0, 0.05) is 13.2 Å². The molecule has 0 atom stereocenters. The predicted molar refractivity (Wildman–Crippen MR) is 207 cm³/mol. The summed E-state index contributed by atoms with van der Waals surface area (Å²) in [6.07, 6.45) is 15.4. The van der Waals surface area contributed by atoms with Gasteiger partial charge in [-0.3, -0.25) is 0 Å². The standard InChI is InChI=1S/C40H82O13/c1-3-5-7-9-11-13-15-41-17-19-43-21-23-45-25-27-47-29-31-49-33-35-51-37-39-53-40-38-52-36-34-50-32-30-48-28-26-46-24-22-44-20-18-42-16-14-12-10-8-6-4-2/h3-40H2,1-2H3. The lowest BCUT2D eigenvalue weighted by Crippen LogP contribution is -2.15. The third-order valence-electron chi connectivity index (χ3n) is 7.75. The fourth-order valence-electron chi connectivity index (χ4n) is 4.71. The molecule has 0 saturated carbocycles. The Morgan fingerprint density at radius 1 is 0.151 bits per heavy atom. The van der Waals surface area contributed by atoms with Gasteiger partial charge in [0.25, 0.3) is 0 Å². The van der Waals surface area contributed by atoms with Crippen LogP contribution in [0.4, 0.5) is 0 Å². The van der Waals surface area contributed by atoms with Gasteiger partial charge in [-0.15, -0.1) is 0 Å². The summed E-state index contributed by atoms with van der Waals surface area (Å²) in [5.41, 5.74) is 0. The zero-order valence-electron chi connectivity index (χ0n) is 34.2. The van der Waals surface area contributed by atoms with Crippen molar-refractivity contribution in [2.75, 3.05) is 172 Å². The summed E-state index contributed by atoms with van der Waals surface area (Å²) >= 11 is 0. The van der Waals surface area contributed by atoms with Crippen LogP contribution >= 0.6 is 0 Å². The molecule has 0 aliphatic rings. The second kappa shape index (κ2) is 51.5. The van der Waals surface area contributed by atoms with Gasteiger partial charge >= 0.3 is 0 Å². The van der Waals surface area contributed by atoms with E-state index in [0.29, 0.717) is 159 Å². The molecule has 0 saturated heterocycles. The Morgan fingerprint density at radius 3 is 0.453 bits per heavy atom. The van der Waals surface area contributed by atoms with Gasteiger partial charge in [0.15, 0.2) is 0 Å². The lowest BCUT2D eigenvalue weighted by atomic mass is 10.1. The van der Waals surface area contributed by atoms with Gasteiger partial charge in [0.05, 0.1) is 159 Å². The van der Waals surface area contributed by atoms with Crippen molar-refractivity contribution < 1.29 is 61.6 Å². The first kappa shape index (κ1) is 52.5. The Bertz CT molecular complexity index is 571. The summed E-state index contributed by atoms with van der Waals surface area (Å²) in [5, 5.41) is 0. The van der Waals surface area contributed by atoms with Gasteiger partial charge in [0.2, 0.25) is 0 Å².